The van der Waals surface area contributed by atoms with E-state index in [0.717, 1.165) is 18.4 Å². The molecule has 1 heterocycles. The first kappa shape index (κ1) is 25.0. The highest BCUT2D eigenvalue weighted by Gasteiger charge is 2.19. The molecule has 3 N–H and O–H groups in total. The lowest BCUT2D eigenvalue weighted by Crippen LogP contribution is -2.18. The summed E-state index contributed by atoms with van der Waals surface area (Å²) in [6.07, 6.45) is 1.79. The molecule has 1 amide bonds. The highest BCUT2D eigenvalue weighted by atomic mass is 32.2. The molecule has 0 bridgehead atoms. The Bertz CT molecular complexity index is 1580. The lowest BCUT2D eigenvalue weighted by atomic mass is 10.0. The summed E-state index contributed by atoms with van der Waals surface area (Å²) in [6.45, 7) is 4.25. The second-order valence-corrected chi connectivity index (χ2v) is 10.5. The average Bonchev–Trinajstić information content (AvgIpc) is 2.85. The first-order valence-corrected chi connectivity index (χ1v) is 12.9. The number of sulfonamides is 1. The van der Waals surface area contributed by atoms with Crippen LogP contribution in [0.1, 0.15) is 36.2 Å². The summed E-state index contributed by atoms with van der Waals surface area (Å²) >= 11 is 0. The SMILES string of the molecule is CC(C)CCc1cccc(C(=O)Nc2c(O)c3ccc(NS(=O)(=O)c4ccccc4)cc3oc2=O)c1. The van der Waals surface area contributed by atoms with E-state index in [9.17, 15) is 23.1 Å². The van der Waals surface area contributed by atoms with Gasteiger partial charge in [0.2, 0.25) is 0 Å². The number of fused-ring (bicyclic) bond motifs is 1. The summed E-state index contributed by atoms with van der Waals surface area (Å²) in [5.41, 5.74) is 0.0887. The van der Waals surface area contributed by atoms with E-state index in [0.29, 0.717) is 11.5 Å². The maximum Gasteiger partial charge on any atom is 0.364 e. The predicted octanol–water partition coefficient (Wildman–Crippen LogP) is 5.14. The van der Waals surface area contributed by atoms with Crippen molar-refractivity contribution in [2.24, 2.45) is 5.92 Å². The van der Waals surface area contributed by atoms with Crippen molar-refractivity contribution >= 4 is 38.3 Å². The number of carbonyl (C=O) groups excluding carboxylic acids is 1. The minimum absolute atomic E-state index is 0.0422. The van der Waals surface area contributed by atoms with Crippen LogP contribution in [0, 0.1) is 5.92 Å². The van der Waals surface area contributed by atoms with Crippen molar-refractivity contribution < 1.29 is 22.7 Å². The van der Waals surface area contributed by atoms with Gasteiger partial charge in [-0.2, -0.15) is 0 Å². The van der Waals surface area contributed by atoms with Crippen LogP contribution >= 0.6 is 0 Å². The second-order valence-electron chi connectivity index (χ2n) is 8.83. The Balaban J connectivity index is 1.59. The van der Waals surface area contributed by atoms with Crippen molar-refractivity contribution in [2.45, 2.75) is 31.6 Å². The van der Waals surface area contributed by atoms with E-state index in [-0.39, 0.29) is 21.6 Å². The van der Waals surface area contributed by atoms with Gasteiger partial charge in [0.1, 0.15) is 5.58 Å². The van der Waals surface area contributed by atoms with Crippen LogP contribution in [0.5, 0.6) is 5.75 Å². The molecule has 0 fully saturated rings. The molecule has 0 saturated carbocycles. The number of carbonyl (C=O) groups is 1. The van der Waals surface area contributed by atoms with E-state index in [1.807, 2.05) is 6.07 Å². The van der Waals surface area contributed by atoms with Crippen molar-refractivity contribution in [1.29, 1.82) is 0 Å². The largest absolute Gasteiger partial charge is 0.505 e. The molecular formula is C27H26N2O6S. The second kappa shape index (κ2) is 10.2. The lowest BCUT2D eigenvalue weighted by Gasteiger charge is -2.11. The molecule has 3 aromatic carbocycles. The third-order valence-corrected chi connectivity index (χ3v) is 7.02. The van der Waals surface area contributed by atoms with Gasteiger partial charge in [0.15, 0.2) is 11.4 Å². The number of amides is 1. The van der Waals surface area contributed by atoms with Crippen molar-refractivity contribution in [3.8, 4) is 5.75 Å². The first-order chi connectivity index (χ1) is 17.1. The molecule has 0 aliphatic heterocycles. The van der Waals surface area contributed by atoms with E-state index in [1.54, 1.807) is 36.4 Å². The molecule has 4 rings (SSSR count). The maximum atomic E-state index is 12.8. The van der Waals surface area contributed by atoms with Gasteiger partial charge in [-0.05, 0) is 60.7 Å². The summed E-state index contributed by atoms with van der Waals surface area (Å²) in [7, 11) is -3.86. The number of rotatable bonds is 8. The Morgan fingerprint density at radius 3 is 2.47 bits per heavy atom. The fourth-order valence-electron chi connectivity index (χ4n) is 3.68. The monoisotopic (exact) mass is 506 g/mol. The van der Waals surface area contributed by atoms with Gasteiger partial charge in [0.05, 0.1) is 16.0 Å². The van der Waals surface area contributed by atoms with Crippen LogP contribution in [0.2, 0.25) is 0 Å². The van der Waals surface area contributed by atoms with E-state index in [4.69, 9.17) is 4.42 Å². The number of benzene rings is 3. The molecule has 9 heteroatoms. The van der Waals surface area contributed by atoms with Gasteiger partial charge < -0.3 is 14.8 Å². The van der Waals surface area contributed by atoms with Crippen LogP contribution in [-0.2, 0) is 16.4 Å². The van der Waals surface area contributed by atoms with Crippen LogP contribution in [0.15, 0.2) is 86.9 Å². The van der Waals surface area contributed by atoms with Crippen LogP contribution in [0.3, 0.4) is 0 Å². The lowest BCUT2D eigenvalue weighted by molar-refractivity contribution is 0.102. The fourth-order valence-corrected chi connectivity index (χ4v) is 4.75. The molecule has 0 saturated heterocycles. The van der Waals surface area contributed by atoms with Crippen LogP contribution < -0.4 is 15.7 Å². The number of hydrogen-bond donors (Lipinski definition) is 3. The van der Waals surface area contributed by atoms with Crippen molar-refractivity contribution in [3.05, 3.63) is 94.3 Å². The maximum absolute atomic E-state index is 12.8. The fraction of sp³-hybridized carbons (Fsp3) is 0.185. The van der Waals surface area contributed by atoms with E-state index in [1.165, 1.54) is 30.3 Å². The molecule has 0 spiro atoms. The molecule has 4 aromatic rings. The standard InChI is InChI=1S/C27H26N2O6S/c1-17(2)11-12-18-7-6-8-19(15-18)26(31)28-24-25(30)22-14-13-20(16-23(22)35-27(24)32)29-36(33,34)21-9-4-3-5-10-21/h3-10,13-17,29-30H,11-12H2,1-2H3,(H,28,31). The van der Waals surface area contributed by atoms with Crippen LogP contribution in [-0.4, -0.2) is 19.4 Å². The third kappa shape index (κ3) is 5.58. The smallest absolute Gasteiger partial charge is 0.364 e. The van der Waals surface area contributed by atoms with Crippen molar-refractivity contribution in [1.82, 2.24) is 0 Å². The normalized spacial score (nSPS) is 11.5. The summed E-state index contributed by atoms with van der Waals surface area (Å²) < 4.78 is 32.9. The summed E-state index contributed by atoms with van der Waals surface area (Å²) in [5, 5.41) is 13.3. The Hall–Kier alpha value is -4.11. The molecule has 186 valence electrons. The number of hydrogen-bond acceptors (Lipinski definition) is 6. The zero-order valence-corrected chi connectivity index (χ0v) is 20.6. The third-order valence-electron chi connectivity index (χ3n) is 5.62. The quantitative estimate of drug-likeness (QED) is 0.284. The molecular weight excluding hydrogens is 480 g/mol. The van der Waals surface area contributed by atoms with Gasteiger partial charge in [-0.3, -0.25) is 9.52 Å². The average molecular weight is 507 g/mol. The number of aromatic hydroxyl groups is 1. The zero-order valence-electron chi connectivity index (χ0n) is 19.8. The Kier molecular flexibility index (Phi) is 7.12. The van der Waals surface area contributed by atoms with Gasteiger partial charge in [-0.15, -0.1) is 0 Å². The number of anilines is 2. The van der Waals surface area contributed by atoms with Gasteiger partial charge in [-0.25, -0.2) is 13.2 Å². The minimum Gasteiger partial charge on any atom is -0.505 e. The summed E-state index contributed by atoms with van der Waals surface area (Å²) in [4.78, 5) is 25.5. The van der Waals surface area contributed by atoms with E-state index < -0.39 is 33.0 Å². The molecule has 8 nitrogen and oxygen atoms in total. The highest BCUT2D eigenvalue weighted by Crippen LogP contribution is 2.32. The Morgan fingerprint density at radius 1 is 1.00 bits per heavy atom. The van der Waals surface area contributed by atoms with Gasteiger partial charge in [-0.1, -0.05) is 44.2 Å². The number of aryl methyl sites for hydroxylation is 1. The summed E-state index contributed by atoms with van der Waals surface area (Å²) in [6, 6.07) is 19.0. The van der Waals surface area contributed by atoms with Gasteiger partial charge in [0, 0.05) is 11.6 Å². The van der Waals surface area contributed by atoms with Crippen molar-refractivity contribution in [2.75, 3.05) is 10.0 Å². The molecule has 1 aromatic heterocycles. The molecule has 0 atom stereocenters. The van der Waals surface area contributed by atoms with E-state index >= 15 is 0 Å². The minimum atomic E-state index is -3.86. The molecule has 0 aliphatic rings. The molecule has 36 heavy (non-hydrogen) atoms. The molecule has 0 unspecified atom stereocenters. The van der Waals surface area contributed by atoms with E-state index in [2.05, 4.69) is 23.9 Å². The van der Waals surface area contributed by atoms with Crippen LogP contribution in [0.4, 0.5) is 11.4 Å². The predicted molar refractivity (Wildman–Crippen MR) is 139 cm³/mol. The van der Waals surface area contributed by atoms with Gasteiger partial charge >= 0.3 is 5.63 Å². The highest BCUT2D eigenvalue weighted by molar-refractivity contribution is 7.92. The summed E-state index contributed by atoms with van der Waals surface area (Å²) in [5.74, 6) is -0.505. The topological polar surface area (TPSA) is 126 Å². The molecule has 0 aliphatic carbocycles. The zero-order chi connectivity index (χ0) is 25.9. The Morgan fingerprint density at radius 2 is 1.75 bits per heavy atom. The van der Waals surface area contributed by atoms with Gasteiger partial charge in [0.25, 0.3) is 15.9 Å². The number of nitrogens with one attached hydrogen (secondary N) is 2. The van der Waals surface area contributed by atoms with Crippen molar-refractivity contribution in [3.63, 3.8) is 0 Å². The van der Waals surface area contributed by atoms with Crippen LogP contribution in [0.25, 0.3) is 11.0 Å². The Labute approximate surface area is 208 Å². The first-order valence-electron chi connectivity index (χ1n) is 11.4. The molecule has 0 radical (unpaired) electrons.